The molecule has 0 spiro atoms. The van der Waals surface area contributed by atoms with Gasteiger partial charge in [0.15, 0.2) is 0 Å². The van der Waals surface area contributed by atoms with Crippen LogP contribution in [0.3, 0.4) is 0 Å². The molecule has 1 aliphatic rings. The van der Waals surface area contributed by atoms with Gasteiger partial charge in [-0.25, -0.2) is 0 Å². The van der Waals surface area contributed by atoms with Gasteiger partial charge in [-0.3, -0.25) is 4.79 Å². The molecule has 17 heavy (non-hydrogen) atoms. The number of allylic oxidation sites excluding steroid dienone is 2. The van der Waals surface area contributed by atoms with Gasteiger partial charge in [-0.2, -0.15) is 13.2 Å². The summed E-state index contributed by atoms with van der Waals surface area (Å²) >= 11 is 0. The Morgan fingerprint density at radius 1 is 1.59 bits per heavy atom. The highest BCUT2D eigenvalue weighted by molar-refractivity contribution is 5.94. The van der Waals surface area contributed by atoms with Gasteiger partial charge in [-0.15, -0.1) is 0 Å². The van der Waals surface area contributed by atoms with Crippen molar-refractivity contribution in [2.24, 2.45) is 5.73 Å². The number of halogens is 3. The number of alkyl halides is 3. The van der Waals surface area contributed by atoms with Crippen LogP contribution in [0.15, 0.2) is 23.4 Å². The highest BCUT2D eigenvalue weighted by Gasteiger charge is 2.29. The molecule has 0 aliphatic heterocycles. The molecule has 1 aliphatic carbocycles. The van der Waals surface area contributed by atoms with Gasteiger partial charge in [0.1, 0.15) is 12.6 Å². The molecule has 1 amide bonds. The predicted octanol–water partition coefficient (Wildman–Crippen LogP) is 0.853. The summed E-state index contributed by atoms with van der Waals surface area (Å²) in [6.07, 6.45) is -1.86. The minimum Gasteiger partial charge on any atom is -0.400 e. The van der Waals surface area contributed by atoms with Gasteiger partial charge in [0.2, 0.25) is 5.91 Å². The number of rotatable bonds is 3. The number of carbonyl (C=O) groups excluding carboxylic acids is 1. The van der Waals surface area contributed by atoms with Crippen molar-refractivity contribution in [3.63, 3.8) is 0 Å². The second-order valence-electron chi connectivity index (χ2n) is 3.58. The molecular formula is C10H13F3N2O2. The molecule has 0 radical (unpaired) electrons. The molecule has 1 unspecified atom stereocenters. The molecule has 1 rings (SSSR count). The van der Waals surface area contributed by atoms with Gasteiger partial charge in [0, 0.05) is 24.8 Å². The number of hydrogen-bond acceptors (Lipinski definition) is 3. The average molecular weight is 250 g/mol. The largest absolute Gasteiger partial charge is 0.405 e. The Balaban J connectivity index is 2.60. The standard InChI is InChI=1S/C10H13F3N2O2/c1-17-8-4-6(2-3-7(8)14)9(16)15-5-10(11,12)13/h2-3,8H,4-5,14H2,1H3,(H,15,16). The smallest absolute Gasteiger partial charge is 0.400 e. The van der Waals surface area contributed by atoms with Gasteiger partial charge < -0.3 is 15.8 Å². The van der Waals surface area contributed by atoms with Crippen LogP contribution in [-0.4, -0.2) is 31.8 Å². The first kappa shape index (κ1) is 13.6. The van der Waals surface area contributed by atoms with Crippen LogP contribution < -0.4 is 11.1 Å². The Bertz CT molecular complexity index is 361. The van der Waals surface area contributed by atoms with Gasteiger partial charge in [0.05, 0.1) is 0 Å². The fourth-order valence-corrected chi connectivity index (χ4v) is 1.37. The zero-order valence-electron chi connectivity index (χ0n) is 9.17. The first-order valence-corrected chi connectivity index (χ1v) is 4.87. The van der Waals surface area contributed by atoms with E-state index in [9.17, 15) is 18.0 Å². The van der Waals surface area contributed by atoms with Crippen molar-refractivity contribution >= 4 is 5.91 Å². The Hall–Kier alpha value is -1.50. The summed E-state index contributed by atoms with van der Waals surface area (Å²) in [6, 6.07) is 0. The van der Waals surface area contributed by atoms with Crippen LogP contribution in [0.5, 0.6) is 0 Å². The molecule has 0 bridgehead atoms. The van der Waals surface area contributed by atoms with Crippen LogP contribution in [0.1, 0.15) is 6.42 Å². The zero-order chi connectivity index (χ0) is 13.1. The van der Waals surface area contributed by atoms with E-state index in [2.05, 4.69) is 0 Å². The summed E-state index contributed by atoms with van der Waals surface area (Å²) in [4.78, 5) is 11.4. The van der Waals surface area contributed by atoms with Crippen molar-refractivity contribution in [1.29, 1.82) is 0 Å². The monoisotopic (exact) mass is 250 g/mol. The minimum absolute atomic E-state index is 0.169. The number of carbonyl (C=O) groups is 1. The lowest BCUT2D eigenvalue weighted by molar-refractivity contribution is -0.136. The van der Waals surface area contributed by atoms with Crippen LogP contribution in [0.4, 0.5) is 13.2 Å². The molecule has 0 aromatic heterocycles. The first-order chi connectivity index (χ1) is 7.83. The van der Waals surface area contributed by atoms with E-state index >= 15 is 0 Å². The number of methoxy groups -OCH3 is 1. The van der Waals surface area contributed by atoms with E-state index in [-0.39, 0.29) is 12.0 Å². The topological polar surface area (TPSA) is 64.3 Å². The molecule has 3 N–H and O–H groups in total. The average Bonchev–Trinajstić information content (AvgIpc) is 2.25. The van der Waals surface area contributed by atoms with Crippen LogP contribution in [0.2, 0.25) is 0 Å². The highest BCUT2D eigenvalue weighted by Crippen LogP contribution is 2.19. The maximum absolute atomic E-state index is 11.9. The van der Waals surface area contributed by atoms with Gasteiger partial charge in [-0.1, -0.05) is 6.08 Å². The molecule has 0 aromatic carbocycles. The first-order valence-electron chi connectivity index (χ1n) is 4.87. The van der Waals surface area contributed by atoms with E-state index in [0.29, 0.717) is 5.70 Å². The molecular weight excluding hydrogens is 237 g/mol. The van der Waals surface area contributed by atoms with Gasteiger partial charge in [0.25, 0.3) is 0 Å². The Morgan fingerprint density at radius 3 is 2.76 bits per heavy atom. The van der Waals surface area contributed by atoms with E-state index in [4.69, 9.17) is 10.5 Å². The third-order valence-electron chi connectivity index (χ3n) is 2.28. The molecule has 1 atom stereocenters. The van der Waals surface area contributed by atoms with Crippen LogP contribution in [0.25, 0.3) is 0 Å². The zero-order valence-corrected chi connectivity index (χ0v) is 9.17. The lowest BCUT2D eigenvalue weighted by Gasteiger charge is -2.21. The van der Waals surface area contributed by atoms with Crippen molar-refractivity contribution in [3.8, 4) is 0 Å². The fraction of sp³-hybridized carbons (Fsp3) is 0.500. The van der Waals surface area contributed by atoms with Crippen molar-refractivity contribution in [2.45, 2.75) is 18.7 Å². The SMILES string of the molecule is COC1CC(C(=O)NCC(F)(F)F)=CC=C1N. The maximum Gasteiger partial charge on any atom is 0.405 e. The normalized spacial score (nSPS) is 20.6. The summed E-state index contributed by atoms with van der Waals surface area (Å²) < 4.78 is 40.7. The van der Waals surface area contributed by atoms with E-state index < -0.39 is 24.7 Å². The Labute approximate surface area is 96.3 Å². The van der Waals surface area contributed by atoms with Crippen LogP contribution in [-0.2, 0) is 9.53 Å². The number of hydrogen-bond donors (Lipinski definition) is 2. The second kappa shape index (κ2) is 5.22. The van der Waals surface area contributed by atoms with E-state index in [1.807, 2.05) is 0 Å². The lowest BCUT2D eigenvalue weighted by Crippen LogP contribution is -2.36. The van der Waals surface area contributed by atoms with Crippen molar-refractivity contribution in [3.05, 3.63) is 23.4 Å². The van der Waals surface area contributed by atoms with Crippen molar-refractivity contribution in [1.82, 2.24) is 5.32 Å². The lowest BCUT2D eigenvalue weighted by atomic mass is 9.99. The summed E-state index contributed by atoms with van der Waals surface area (Å²) in [5, 5.41) is 1.79. The quantitative estimate of drug-likeness (QED) is 0.780. The molecule has 7 heteroatoms. The van der Waals surface area contributed by atoms with Gasteiger partial charge >= 0.3 is 6.18 Å². The molecule has 0 saturated heterocycles. The van der Waals surface area contributed by atoms with Crippen molar-refractivity contribution < 1.29 is 22.7 Å². The minimum atomic E-state index is -4.42. The summed E-state index contributed by atoms with van der Waals surface area (Å²) in [5.74, 6) is -0.756. The fourth-order valence-electron chi connectivity index (χ4n) is 1.37. The summed E-state index contributed by atoms with van der Waals surface area (Å²) in [5.41, 5.74) is 6.24. The predicted molar refractivity (Wildman–Crippen MR) is 54.8 cm³/mol. The van der Waals surface area contributed by atoms with E-state index in [0.717, 1.165) is 0 Å². The molecule has 0 saturated carbocycles. The van der Waals surface area contributed by atoms with E-state index in [1.54, 1.807) is 5.32 Å². The van der Waals surface area contributed by atoms with Gasteiger partial charge in [-0.05, 0) is 6.08 Å². The number of nitrogens with one attached hydrogen (secondary N) is 1. The number of nitrogens with two attached hydrogens (primary N) is 1. The number of ether oxygens (including phenoxy) is 1. The highest BCUT2D eigenvalue weighted by atomic mass is 19.4. The Morgan fingerprint density at radius 2 is 2.24 bits per heavy atom. The Kier molecular flexibility index (Phi) is 4.17. The second-order valence-corrected chi connectivity index (χ2v) is 3.58. The molecule has 0 aromatic rings. The van der Waals surface area contributed by atoms with E-state index in [1.165, 1.54) is 19.3 Å². The molecule has 0 heterocycles. The van der Waals surface area contributed by atoms with Crippen molar-refractivity contribution in [2.75, 3.05) is 13.7 Å². The molecule has 4 nitrogen and oxygen atoms in total. The third kappa shape index (κ3) is 4.10. The third-order valence-corrected chi connectivity index (χ3v) is 2.28. The summed E-state index contributed by atoms with van der Waals surface area (Å²) in [7, 11) is 1.42. The van der Waals surface area contributed by atoms with Crippen LogP contribution >= 0.6 is 0 Å². The molecule has 96 valence electrons. The summed E-state index contributed by atoms with van der Waals surface area (Å²) in [6.45, 7) is -1.35. The maximum atomic E-state index is 11.9. The number of amides is 1. The van der Waals surface area contributed by atoms with Crippen LogP contribution in [0, 0.1) is 0 Å². The molecule has 0 fully saturated rings.